The molecule has 2 atom stereocenters. The zero-order valence-electron chi connectivity index (χ0n) is 19.4. The van der Waals surface area contributed by atoms with Crippen molar-refractivity contribution in [1.29, 1.82) is 0 Å². The Balaban J connectivity index is 1.50. The van der Waals surface area contributed by atoms with Crippen LogP contribution < -0.4 is 10.6 Å². The second kappa shape index (κ2) is 10.1. The summed E-state index contributed by atoms with van der Waals surface area (Å²) in [5.41, 5.74) is 4.32. The quantitative estimate of drug-likeness (QED) is 0.242. The molecular formula is C31H31NP2. The predicted molar refractivity (Wildman–Crippen MR) is 148 cm³/mol. The van der Waals surface area contributed by atoms with Gasteiger partial charge in [0.05, 0.1) is 0 Å². The van der Waals surface area contributed by atoms with Gasteiger partial charge in [0.1, 0.15) is 0 Å². The minimum atomic E-state index is -0.574. The largest absolute Gasteiger partial charge is 0.248 e. The molecule has 2 fully saturated rings. The van der Waals surface area contributed by atoms with Crippen molar-refractivity contribution in [3.8, 4) is 0 Å². The molecule has 1 nitrogen and oxygen atoms in total. The molecule has 1 saturated carbocycles. The Hall–Kier alpha value is -2.30. The van der Waals surface area contributed by atoms with Gasteiger partial charge in [-0.15, -0.1) is 0 Å². The Morgan fingerprint density at radius 3 is 1.26 bits per heavy atom. The maximum atomic E-state index is 3.07. The van der Waals surface area contributed by atoms with Crippen molar-refractivity contribution in [3.05, 3.63) is 132 Å². The normalized spacial score (nSPS) is 20.8. The first-order chi connectivity index (χ1) is 16.9. The van der Waals surface area contributed by atoms with E-state index < -0.39 is 8.07 Å². The lowest BCUT2D eigenvalue weighted by molar-refractivity contribution is 0.685. The van der Waals surface area contributed by atoms with Gasteiger partial charge in [0, 0.05) is 25.4 Å². The molecule has 170 valence electrons. The van der Waals surface area contributed by atoms with Gasteiger partial charge in [-0.3, -0.25) is 0 Å². The fourth-order valence-corrected chi connectivity index (χ4v) is 13.2. The molecule has 1 aliphatic heterocycles. The Morgan fingerprint density at radius 1 is 0.500 bits per heavy atom. The standard InChI is InChI=1S/C31H31NP2/c1-5-13-25(14-6-1)30-23-24-31(26-15-7-2-8-16-26)34(30)32(27-21-22-27)33(28-17-9-3-10-18-28)29-19-11-4-12-20-29/h1-20,27,30-31H,21-24H2/t30-,31-/m1/s1. The fourth-order valence-electron chi connectivity index (χ4n) is 5.36. The zero-order chi connectivity index (χ0) is 22.7. The summed E-state index contributed by atoms with van der Waals surface area (Å²) in [6, 6.07) is 46.2. The highest BCUT2D eigenvalue weighted by atomic mass is 31.2. The van der Waals surface area contributed by atoms with Gasteiger partial charge in [0.15, 0.2) is 0 Å². The van der Waals surface area contributed by atoms with Crippen LogP contribution in [0.5, 0.6) is 0 Å². The Bertz CT molecular complexity index is 1090. The monoisotopic (exact) mass is 479 g/mol. The summed E-state index contributed by atoms with van der Waals surface area (Å²) in [6.07, 6.45) is 5.23. The van der Waals surface area contributed by atoms with Gasteiger partial charge in [-0.2, -0.15) is 0 Å². The fraction of sp³-hybridized carbons (Fsp3) is 0.226. The van der Waals surface area contributed by atoms with Gasteiger partial charge < -0.3 is 0 Å². The lowest BCUT2D eigenvalue weighted by Gasteiger charge is -2.42. The van der Waals surface area contributed by atoms with Crippen LogP contribution in [0.3, 0.4) is 0 Å². The number of hydrogen-bond acceptors (Lipinski definition) is 1. The Kier molecular flexibility index (Phi) is 6.61. The number of nitrogens with zero attached hydrogens (tertiary/aromatic N) is 1. The van der Waals surface area contributed by atoms with Gasteiger partial charge in [0.2, 0.25) is 0 Å². The van der Waals surface area contributed by atoms with E-state index in [4.69, 9.17) is 0 Å². The molecular weight excluding hydrogens is 448 g/mol. The van der Waals surface area contributed by atoms with E-state index in [1.165, 1.54) is 47.4 Å². The average molecular weight is 480 g/mol. The van der Waals surface area contributed by atoms with Crippen molar-refractivity contribution in [1.82, 2.24) is 4.44 Å². The molecule has 6 rings (SSSR count). The third-order valence-corrected chi connectivity index (χ3v) is 13.7. The highest BCUT2D eigenvalue weighted by Gasteiger charge is 2.49. The molecule has 0 radical (unpaired) electrons. The summed E-state index contributed by atoms with van der Waals surface area (Å²) in [5.74, 6) is 0. The zero-order valence-corrected chi connectivity index (χ0v) is 21.2. The second-order valence-electron chi connectivity index (χ2n) is 9.34. The molecule has 34 heavy (non-hydrogen) atoms. The highest BCUT2D eigenvalue weighted by Crippen LogP contribution is 2.78. The van der Waals surface area contributed by atoms with E-state index in [0.29, 0.717) is 17.4 Å². The number of benzene rings is 4. The highest BCUT2D eigenvalue weighted by molar-refractivity contribution is 7.79. The minimum absolute atomic E-state index is 0.389. The number of hydrogen-bond donors (Lipinski definition) is 0. The topological polar surface area (TPSA) is 3.24 Å². The molecule has 4 aromatic rings. The van der Waals surface area contributed by atoms with Crippen molar-refractivity contribution < 1.29 is 0 Å². The maximum absolute atomic E-state index is 3.07. The third kappa shape index (κ3) is 4.50. The molecule has 2 aliphatic rings. The first kappa shape index (κ1) is 22.2. The van der Waals surface area contributed by atoms with E-state index in [1.54, 1.807) is 0 Å². The van der Waals surface area contributed by atoms with Crippen LogP contribution in [0.2, 0.25) is 0 Å². The smallest absolute Gasteiger partial charge is 0.0321 e. The van der Waals surface area contributed by atoms with Gasteiger partial charge in [0.25, 0.3) is 0 Å². The van der Waals surface area contributed by atoms with Crippen LogP contribution in [-0.4, -0.2) is 10.5 Å². The first-order valence-corrected chi connectivity index (χ1v) is 15.2. The van der Waals surface area contributed by atoms with Gasteiger partial charge in [-0.25, -0.2) is 4.44 Å². The first-order valence-electron chi connectivity index (χ1n) is 12.5. The van der Waals surface area contributed by atoms with Gasteiger partial charge >= 0.3 is 0 Å². The minimum Gasteiger partial charge on any atom is -0.248 e. The maximum Gasteiger partial charge on any atom is 0.0321 e. The van der Waals surface area contributed by atoms with Crippen molar-refractivity contribution in [2.75, 3.05) is 0 Å². The second-order valence-corrected chi connectivity index (χ2v) is 14.2. The van der Waals surface area contributed by atoms with Crippen LogP contribution in [0.4, 0.5) is 0 Å². The molecule has 4 aromatic carbocycles. The van der Waals surface area contributed by atoms with Crippen molar-refractivity contribution in [2.24, 2.45) is 0 Å². The van der Waals surface area contributed by atoms with Crippen molar-refractivity contribution in [3.63, 3.8) is 0 Å². The van der Waals surface area contributed by atoms with E-state index in [0.717, 1.165) is 0 Å². The molecule has 1 heterocycles. The van der Waals surface area contributed by atoms with Gasteiger partial charge in [-0.1, -0.05) is 121 Å². The van der Waals surface area contributed by atoms with E-state index >= 15 is 0 Å². The molecule has 1 saturated heterocycles. The molecule has 3 heteroatoms. The van der Waals surface area contributed by atoms with Crippen molar-refractivity contribution >= 4 is 26.8 Å². The van der Waals surface area contributed by atoms with E-state index in [2.05, 4.69) is 126 Å². The molecule has 0 N–H and O–H groups in total. The van der Waals surface area contributed by atoms with Crippen LogP contribution in [0.1, 0.15) is 48.1 Å². The van der Waals surface area contributed by atoms with Crippen LogP contribution in [0.15, 0.2) is 121 Å². The summed E-state index contributed by atoms with van der Waals surface area (Å²) < 4.78 is 3.07. The van der Waals surface area contributed by atoms with E-state index in [9.17, 15) is 0 Å². The summed E-state index contributed by atoms with van der Waals surface area (Å²) in [7, 11) is -0.964. The Labute approximate surface area is 206 Å². The molecule has 1 aliphatic carbocycles. The van der Waals surface area contributed by atoms with E-state index in [-0.39, 0.29) is 8.07 Å². The summed E-state index contributed by atoms with van der Waals surface area (Å²) in [6.45, 7) is 0. The van der Waals surface area contributed by atoms with Crippen molar-refractivity contribution in [2.45, 2.75) is 43.0 Å². The lowest BCUT2D eigenvalue weighted by atomic mass is 10.0. The summed E-state index contributed by atoms with van der Waals surface area (Å²) in [4.78, 5) is 0. The average Bonchev–Trinajstić information content (AvgIpc) is 3.67. The SMILES string of the molecule is c1ccc([C@H]2CC[C@H](c3ccccc3)P2N(C2CC2)P(c2ccccc2)c2ccccc2)cc1. The van der Waals surface area contributed by atoms with Crippen LogP contribution in [0, 0.1) is 0 Å². The Morgan fingerprint density at radius 2 is 0.882 bits per heavy atom. The van der Waals surface area contributed by atoms with Crippen LogP contribution in [-0.2, 0) is 0 Å². The molecule has 0 amide bonds. The summed E-state index contributed by atoms with van der Waals surface area (Å²) in [5, 5.41) is 2.98. The third-order valence-electron chi connectivity index (χ3n) is 7.04. The summed E-state index contributed by atoms with van der Waals surface area (Å²) >= 11 is 0. The van der Waals surface area contributed by atoms with Gasteiger partial charge in [-0.05, 0) is 55.5 Å². The molecule has 0 aromatic heterocycles. The molecule has 0 bridgehead atoms. The van der Waals surface area contributed by atoms with Crippen LogP contribution >= 0.6 is 16.1 Å². The molecule has 0 unspecified atom stereocenters. The number of rotatable bonds is 7. The predicted octanol–water partition coefficient (Wildman–Crippen LogP) is 8.17. The van der Waals surface area contributed by atoms with E-state index in [1.807, 2.05) is 0 Å². The molecule has 0 spiro atoms. The van der Waals surface area contributed by atoms with Crippen LogP contribution in [0.25, 0.3) is 0 Å². The lowest BCUT2D eigenvalue weighted by Crippen LogP contribution is -2.28.